The highest BCUT2D eigenvalue weighted by Crippen LogP contribution is 2.31. The van der Waals surface area contributed by atoms with Gasteiger partial charge in [0.1, 0.15) is 0 Å². The molecule has 2 unspecified atom stereocenters. The summed E-state index contributed by atoms with van der Waals surface area (Å²) in [7, 11) is 0. The van der Waals surface area contributed by atoms with E-state index in [0.717, 1.165) is 12.1 Å². The molecule has 1 amide bonds. The zero-order valence-corrected chi connectivity index (χ0v) is 12.0. The van der Waals surface area contributed by atoms with Crippen LogP contribution in [0.4, 0.5) is 0 Å². The van der Waals surface area contributed by atoms with E-state index in [2.05, 4.69) is 13.8 Å². The number of benzene rings is 1. The van der Waals surface area contributed by atoms with Gasteiger partial charge in [-0.25, -0.2) is 0 Å². The Kier molecular flexibility index (Phi) is 4.25. The molecule has 0 aliphatic carbocycles. The van der Waals surface area contributed by atoms with Gasteiger partial charge in [0, 0.05) is 25.4 Å². The Morgan fingerprint density at radius 2 is 1.95 bits per heavy atom. The Balaban J connectivity index is 2.03. The van der Waals surface area contributed by atoms with Gasteiger partial charge in [-0.15, -0.1) is 0 Å². The lowest BCUT2D eigenvalue weighted by atomic mass is 9.94. The number of hydrogen-bond donors (Lipinski definition) is 1. The molecule has 0 aromatic heterocycles. The van der Waals surface area contributed by atoms with Gasteiger partial charge in [-0.1, -0.05) is 43.7 Å². The maximum absolute atomic E-state index is 11.9. The highest BCUT2D eigenvalue weighted by atomic mass is 16.3. The lowest BCUT2D eigenvalue weighted by Gasteiger charge is -2.21. The second-order valence-electron chi connectivity index (χ2n) is 6.01. The van der Waals surface area contributed by atoms with E-state index in [1.54, 1.807) is 0 Å². The van der Waals surface area contributed by atoms with E-state index in [9.17, 15) is 9.90 Å². The number of aliphatic hydroxyl groups excluding tert-OH is 1. The molecule has 2 atom stereocenters. The zero-order chi connectivity index (χ0) is 14.0. The van der Waals surface area contributed by atoms with Crippen LogP contribution in [0.1, 0.15) is 37.5 Å². The van der Waals surface area contributed by atoms with Crippen molar-refractivity contribution in [1.82, 2.24) is 4.90 Å². The summed E-state index contributed by atoms with van der Waals surface area (Å²) < 4.78 is 0. The van der Waals surface area contributed by atoms with Crippen LogP contribution < -0.4 is 0 Å². The first-order chi connectivity index (χ1) is 8.97. The van der Waals surface area contributed by atoms with E-state index in [-0.39, 0.29) is 11.8 Å². The molecule has 1 saturated heterocycles. The summed E-state index contributed by atoms with van der Waals surface area (Å²) in [5.41, 5.74) is 2.09. The fourth-order valence-electron chi connectivity index (χ4n) is 2.67. The number of carbonyl (C=O) groups excluding carboxylic acids is 1. The fraction of sp³-hybridized carbons (Fsp3) is 0.562. The van der Waals surface area contributed by atoms with E-state index >= 15 is 0 Å². The summed E-state index contributed by atoms with van der Waals surface area (Å²) >= 11 is 0. The first kappa shape index (κ1) is 14.1. The van der Waals surface area contributed by atoms with Crippen LogP contribution in [-0.4, -0.2) is 29.0 Å². The normalized spacial score (nSPS) is 21.2. The Hall–Kier alpha value is -1.35. The zero-order valence-electron chi connectivity index (χ0n) is 12.0. The van der Waals surface area contributed by atoms with E-state index < -0.39 is 6.10 Å². The number of aryl methyl sites for hydroxylation is 1. The molecule has 0 spiro atoms. The molecule has 0 radical (unpaired) electrons. The molecule has 3 heteroatoms. The van der Waals surface area contributed by atoms with Gasteiger partial charge < -0.3 is 10.0 Å². The first-order valence-electron chi connectivity index (χ1n) is 6.99. The molecular weight excluding hydrogens is 238 g/mol. The van der Waals surface area contributed by atoms with Gasteiger partial charge in [0.25, 0.3) is 0 Å². The first-order valence-corrected chi connectivity index (χ1v) is 6.99. The van der Waals surface area contributed by atoms with E-state index in [4.69, 9.17) is 0 Å². The van der Waals surface area contributed by atoms with Crippen LogP contribution >= 0.6 is 0 Å². The molecule has 0 bridgehead atoms. The van der Waals surface area contributed by atoms with Gasteiger partial charge in [-0.2, -0.15) is 0 Å². The van der Waals surface area contributed by atoms with Crippen molar-refractivity contribution in [2.24, 2.45) is 11.8 Å². The number of aliphatic hydroxyl groups is 1. The molecule has 1 fully saturated rings. The predicted molar refractivity (Wildman–Crippen MR) is 75.7 cm³/mol. The third-order valence-corrected chi connectivity index (χ3v) is 3.70. The van der Waals surface area contributed by atoms with Crippen LogP contribution in [-0.2, 0) is 4.79 Å². The molecule has 1 heterocycles. The van der Waals surface area contributed by atoms with Crippen molar-refractivity contribution in [3.05, 3.63) is 35.4 Å². The molecule has 2 rings (SSSR count). The SMILES string of the molecule is Cc1ccc(C(O)C2CC(=O)N(CC(C)C)C2)cc1. The standard InChI is InChI=1S/C16H23NO2/c1-11(2)9-17-10-14(8-15(17)18)16(19)13-6-4-12(3)5-7-13/h4-7,11,14,16,19H,8-10H2,1-3H3. The number of hydrogen-bond acceptors (Lipinski definition) is 2. The second kappa shape index (κ2) is 5.74. The van der Waals surface area contributed by atoms with E-state index in [0.29, 0.717) is 18.9 Å². The van der Waals surface area contributed by atoms with Crippen molar-refractivity contribution in [1.29, 1.82) is 0 Å². The molecule has 1 N–H and O–H groups in total. The minimum atomic E-state index is -0.540. The number of amides is 1. The van der Waals surface area contributed by atoms with Crippen LogP contribution in [0.3, 0.4) is 0 Å². The Bertz CT molecular complexity index is 439. The number of carbonyl (C=O) groups is 1. The second-order valence-corrected chi connectivity index (χ2v) is 6.01. The van der Waals surface area contributed by atoms with Crippen molar-refractivity contribution in [3.63, 3.8) is 0 Å². The Morgan fingerprint density at radius 1 is 1.32 bits per heavy atom. The topological polar surface area (TPSA) is 40.5 Å². The molecule has 19 heavy (non-hydrogen) atoms. The van der Waals surface area contributed by atoms with Gasteiger partial charge in [-0.05, 0) is 18.4 Å². The molecule has 3 nitrogen and oxygen atoms in total. The fourth-order valence-corrected chi connectivity index (χ4v) is 2.67. The number of rotatable bonds is 4. The third-order valence-electron chi connectivity index (χ3n) is 3.70. The van der Waals surface area contributed by atoms with Crippen molar-refractivity contribution < 1.29 is 9.90 Å². The molecular formula is C16H23NO2. The lowest BCUT2D eigenvalue weighted by Crippen LogP contribution is -2.29. The average molecular weight is 261 g/mol. The lowest BCUT2D eigenvalue weighted by molar-refractivity contribution is -0.128. The maximum Gasteiger partial charge on any atom is 0.223 e. The largest absolute Gasteiger partial charge is 0.388 e. The van der Waals surface area contributed by atoms with Gasteiger partial charge in [0.15, 0.2) is 0 Å². The van der Waals surface area contributed by atoms with Crippen LogP contribution in [0.2, 0.25) is 0 Å². The van der Waals surface area contributed by atoms with Crippen molar-refractivity contribution in [3.8, 4) is 0 Å². The van der Waals surface area contributed by atoms with Crippen LogP contribution in [0.5, 0.6) is 0 Å². The molecule has 104 valence electrons. The minimum absolute atomic E-state index is 0.0222. The maximum atomic E-state index is 11.9. The minimum Gasteiger partial charge on any atom is -0.388 e. The summed E-state index contributed by atoms with van der Waals surface area (Å²) in [5, 5.41) is 10.4. The summed E-state index contributed by atoms with van der Waals surface area (Å²) in [5.74, 6) is 0.665. The van der Waals surface area contributed by atoms with Crippen LogP contribution in [0, 0.1) is 18.8 Å². The monoisotopic (exact) mass is 261 g/mol. The highest BCUT2D eigenvalue weighted by Gasteiger charge is 2.34. The highest BCUT2D eigenvalue weighted by molar-refractivity contribution is 5.78. The summed E-state index contributed by atoms with van der Waals surface area (Å²) in [6.07, 6.45) is -0.0800. The molecule has 1 aromatic rings. The van der Waals surface area contributed by atoms with Crippen molar-refractivity contribution in [2.75, 3.05) is 13.1 Å². The van der Waals surface area contributed by atoms with E-state index in [1.807, 2.05) is 36.1 Å². The molecule has 1 aliphatic rings. The summed E-state index contributed by atoms with van der Waals surface area (Å²) in [6.45, 7) is 7.70. The van der Waals surface area contributed by atoms with Gasteiger partial charge >= 0.3 is 0 Å². The predicted octanol–water partition coefficient (Wildman–Crippen LogP) is 2.53. The average Bonchev–Trinajstić information content (AvgIpc) is 2.70. The van der Waals surface area contributed by atoms with Crippen molar-refractivity contribution >= 4 is 5.91 Å². The van der Waals surface area contributed by atoms with Gasteiger partial charge in [-0.3, -0.25) is 4.79 Å². The van der Waals surface area contributed by atoms with Crippen LogP contribution in [0.15, 0.2) is 24.3 Å². The van der Waals surface area contributed by atoms with Crippen molar-refractivity contribution in [2.45, 2.75) is 33.3 Å². The Labute approximate surface area is 115 Å². The van der Waals surface area contributed by atoms with Gasteiger partial charge in [0.2, 0.25) is 5.91 Å². The summed E-state index contributed by atoms with van der Waals surface area (Å²) in [4.78, 5) is 13.8. The molecule has 1 aliphatic heterocycles. The quantitative estimate of drug-likeness (QED) is 0.904. The smallest absolute Gasteiger partial charge is 0.223 e. The number of nitrogens with zero attached hydrogens (tertiary/aromatic N) is 1. The van der Waals surface area contributed by atoms with Gasteiger partial charge in [0.05, 0.1) is 6.10 Å². The van der Waals surface area contributed by atoms with E-state index in [1.165, 1.54) is 5.56 Å². The van der Waals surface area contributed by atoms with Crippen LogP contribution in [0.25, 0.3) is 0 Å². The Morgan fingerprint density at radius 3 is 2.53 bits per heavy atom. The molecule has 0 saturated carbocycles. The molecule has 1 aromatic carbocycles. The third kappa shape index (κ3) is 3.35. The summed E-state index contributed by atoms with van der Waals surface area (Å²) in [6, 6.07) is 7.91. The number of likely N-dealkylation sites (tertiary alicyclic amines) is 1.